The van der Waals surface area contributed by atoms with Crippen LogP contribution in [-0.4, -0.2) is 39.3 Å². The molecule has 104 valence electrons. The minimum atomic E-state index is -1.31. The second kappa shape index (κ2) is 8.65. The van der Waals surface area contributed by atoms with Gasteiger partial charge in [-0.05, 0) is 12.0 Å². The summed E-state index contributed by atoms with van der Waals surface area (Å²) < 4.78 is 0. The van der Waals surface area contributed by atoms with E-state index in [-0.39, 0.29) is 0 Å². The van der Waals surface area contributed by atoms with Crippen molar-refractivity contribution in [3.8, 4) is 0 Å². The zero-order chi connectivity index (χ0) is 14.8. The van der Waals surface area contributed by atoms with Crippen molar-refractivity contribution in [3.05, 3.63) is 35.9 Å². The van der Waals surface area contributed by atoms with Crippen molar-refractivity contribution in [2.75, 3.05) is 0 Å². The third-order valence-corrected chi connectivity index (χ3v) is 1.92. The molecule has 7 heteroatoms. The number of hydrogen-bond acceptors (Lipinski definition) is 4. The van der Waals surface area contributed by atoms with E-state index in [1.165, 1.54) is 0 Å². The van der Waals surface area contributed by atoms with Crippen molar-refractivity contribution in [1.29, 1.82) is 0 Å². The molecule has 0 saturated heterocycles. The van der Waals surface area contributed by atoms with E-state index in [9.17, 15) is 14.4 Å². The predicted octanol–water partition coefficient (Wildman–Crippen LogP) is 0.187. The maximum Gasteiger partial charge on any atom is 0.320 e. The average Bonchev–Trinajstić information content (AvgIpc) is 2.29. The number of carbonyl (C=O) groups is 3. The third kappa shape index (κ3) is 9.31. The molecule has 0 spiro atoms. The van der Waals surface area contributed by atoms with Gasteiger partial charge in [-0.15, -0.1) is 0 Å². The van der Waals surface area contributed by atoms with Crippen LogP contribution >= 0.6 is 0 Å². The number of carboxylic acid groups (broad SMARTS) is 3. The highest BCUT2D eigenvalue weighted by Crippen LogP contribution is 2.01. The average molecular weight is 269 g/mol. The van der Waals surface area contributed by atoms with Crippen LogP contribution < -0.4 is 5.73 Å². The Hall–Kier alpha value is -2.41. The minimum Gasteiger partial charge on any atom is -0.481 e. The first-order chi connectivity index (χ1) is 8.82. The van der Waals surface area contributed by atoms with Crippen LogP contribution in [-0.2, 0) is 20.8 Å². The standard InChI is InChI=1S/C9H11NO2.C3H4O4/c10-8(9(11)12)6-7-4-2-1-3-5-7;4-2(5)1-3(6)7/h1-5,8H,6,10H2,(H,11,12);1H2,(H,4,5)(H,6,7)/t8-;/m0./s1. The first-order valence-corrected chi connectivity index (χ1v) is 5.28. The Morgan fingerprint density at radius 2 is 1.47 bits per heavy atom. The van der Waals surface area contributed by atoms with E-state index in [4.69, 9.17) is 21.1 Å². The molecule has 0 aromatic heterocycles. The fourth-order valence-corrected chi connectivity index (χ4v) is 1.08. The van der Waals surface area contributed by atoms with Gasteiger partial charge in [-0.2, -0.15) is 0 Å². The van der Waals surface area contributed by atoms with Gasteiger partial charge in [0.05, 0.1) is 0 Å². The zero-order valence-corrected chi connectivity index (χ0v) is 10.0. The number of hydrogen-bond donors (Lipinski definition) is 4. The Bertz CT molecular complexity index is 419. The van der Waals surface area contributed by atoms with Gasteiger partial charge in [0, 0.05) is 0 Å². The van der Waals surface area contributed by atoms with Crippen LogP contribution in [0.2, 0.25) is 0 Å². The van der Waals surface area contributed by atoms with Gasteiger partial charge in [0.25, 0.3) is 0 Å². The molecular formula is C12H15NO6. The van der Waals surface area contributed by atoms with Gasteiger partial charge in [0.1, 0.15) is 12.5 Å². The lowest BCUT2D eigenvalue weighted by Gasteiger charge is -2.04. The van der Waals surface area contributed by atoms with Crippen molar-refractivity contribution in [3.63, 3.8) is 0 Å². The molecular weight excluding hydrogens is 254 g/mol. The van der Waals surface area contributed by atoms with E-state index < -0.39 is 30.4 Å². The summed E-state index contributed by atoms with van der Waals surface area (Å²) in [6, 6.07) is 8.54. The third-order valence-electron chi connectivity index (χ3n) is 1.92. The van der Waals surface area contributed by atoms with Crippen LogP contribution in [0.15, 0.2) is 30.3 Å². The molecule has 5 N–H and O–H groups in total. The van der Waals surface area contributed by atoms with Crippen molar-refractivity contribution in [1.82, 2.24) is 0 Å². The van der Waals surface area contributed by atoms with Crippen molar-refractivity contribution in [2.24, 2.45) is 5.73 Å². The van der Waals surface area contributed by atoms with E-state index in [1.54, 1.807) is 0 Å². The maximum absolute atomic E-state index is 10.4. The highest BCUT2D eigenvalue weighted by molar-refractivity contribution is 5.88. The topological polar surface area (TPSA) is 138 Å². The molecule has 0 radical (unpaired) electrons. The highest BCUT2D eigenvalue weighted by Gasteiger charge is 2.10. The minimum absolute atomic E-state index is 0.385. The van der Waals surface area contributed by atoms with Crippen molar-refractivity contribution in [2.45, 2.75) is 18.9 Å². The summed E-state index contributed by atoms with van der Waals surface area (Å²) in [5.74, 6) is -3.58. The fourth-order valence-electron chi connectivity index (χ4n) is 1.08. The molecule has 1 atom stereocenters. The van der Waals surface area contributed by atoms with Crippen molar-refractivity contribution >= 4 is 17.9 Å². The molecule has 7 nitrogen and oxygen atoms in total. The Labute approximate surface area is 109 Å². The van der Waals surface area contributed by atoms with Gasteiger partial charge >= 0.3 is 17.9 Å². The molecule has 19 heavy (non-hydrogen) atoms. The molecule has 0 saturated carbocycles. The van der Waals surface area contributed by atoms with Gasteiger partial charge in [-0.1, -0.05) is 30.3 Å². The molecule has 1 aromatic rings. The normalized spacial score (nSPS) is 10.8. The van der Waals surface area contributed by atoms with Gasteiger partial charge in [-0.3, -0.25) is 14.4 Å². The van der Waals surface area contributed by atoms with E-state index >= 15 is 0 Å². The second-order valence-corrected chi connectivity index (χ2v) is 3.60. The van der Waals surface area contributed by atoms with Gasteiger partial charge in [0.15, 0.2) is 0 Å². The molecule has 0 aliphatic heterocycles. The van der Waals surface area contributed by atoms with Crippen LogP contribution in [0.5, 0.6) is 0 Å². The Kier molecular flexibility index (Phi) is 7.55. The van der Waals surface area contributed by atoms with E-state index in [1.807, 2.05) is 30.3 Å². The first-order valence-electron chi connectivity index (χ1n) is 5.28. The largest absolute Gasteiger partial charge is 0.481 e. The number of carboxylic acids is 3. The summed E-state index contributed by atoms with van der Waals surface area (Å²) >= 11 is 0. The lowest BCUT2D eigenvalue weighted by Crippen LogP contribution is -2.32. The van der Waals surface area contributed by atoms with Crippen molar-refractivity contribution < 1.29 is 29.7 Å². The predicted molar refractivity (Wildman–Crippen MR) is 65.6 cm³/mol. The van der Waals surface area contributed by atoms with Crippen LogP contribution in [0.3, 0.4) is 0 Å². The highest BCUT2D eigenvalue weighted by atomic mass is 16.4. The summed E-state index contributed by atoms with van der Waals surface area (Å²) in [6.07, 6.45) is -0.420. The molecule has 0 aliphatic rings. The first kappa shape index (κ1) is 16.6. The number of rotatable bonds is 5. The van der Waals surface area contributed by atoms with Gasteiger partial charge in [0.2, 0.25) is 0 Å². The second-order valence-electron chi connectivity index (χ2n) is 3.60. The van der Waals surface area contributed by atoms with E-state index in [0.29, 0.717) is 6.42 Å². The molecule has 0 bridgehead atoms. The van der Waals surface area contributed by atoms with Gasteiger partial charge < -0.3 is 21.1 Å². The molecule has 0 aliphatic carbocycles. The molecule has 0 heterocycles. The molecule has 0 fully saturated rings. The van der Waals surface area contributed by atoms with Gasteiger partial charge in [-0.25, -0.2) is 0 Å². The number of aliphatic carboxylic acids is 3. The SMILES string of the molecule is N[C@@H](Cc1ccccc1)C(=O)O.O=C(O)CC(=O)O. The molecule has 0 unspecified atom stereocenters. The fraction of sp³-hybridized carbons (Fsp3) is 0.250. The van der Waals surface area contributed by atoms with E-state index in [0.717, 1.165) is 5.56 Å². The number of nitrogens with two attached hydrogens (primary N) is 1. The Morgan fingerprint density at radius 3 is 1.79 bits per heavy atom. The summed E-state index contributed by atoms with van der Waals surface area (Å²) in [7, 11) is 0. The Balaban J connectivity index is 0.000000399. The van der Waals surface area contributed by atoms with Crippen LogP contribution in [0.4, 0.5) is 0 Å². The van der Waals surface area contributed by atoms with Crippen LogP contribution in [0.1, 0.15) is 12.0 Å². The molecule has 0 amide bonds. The lowest BCUT2D eigenvalue weighted by atomic mass is 10.1. The summed E-state index contributed by atoms with van der Waals surface area (Å²) in [6.45, 7) is 0. The van der Waals surface area contributed by atoms with Crippen LogP contribution in [0.25, 0.3) is 0 Å². The monoisotopic (exact) mass is 269 g/mol. The number of benzene rings is 1. The van der Waals surface area contributed by atoms with E-state index in [2.05, 4.69) is 0 Å². The summed E-state index contributed by atoms with van der Waals surface area (Å²) in [4.78, 5) is 29.2. The van der Waals surface area contributed by atoms with Crippen LogP contribution in [0, 0.1) is 0 Å². The zero-order valence-electron chi connectivity index (χ0n) is 10.0. The smallest absolute Gasteiger partial charge is 0.320 e. The summed E-state index contributed by atoms with van der Waals surface area (Å²) in [5.41, 5.74) is 6.30. The molecule has 1 rings (SSSR count). The maximum atomic E-state index is 10.4. The lowest BCUT2D eigenvalue weighted by molar-refractivity contribution is -0.147. The molecule has 1 aromatic carbocycles. The Morgan fingerprint density at radius 1 is 1.00 bits per heavy atom. The quantitative estimate of drug-likeness (QED) is 0.559. The summed E-state index contributed by atoms with van der Waals surface area (Å²) in [5, 5.41) is 23.9.